The third kappa shape index (κ3) is 2.89. The van der Waals surface area contributed by atoms with E-state index in [9.17, 15) is 0 Å². The first-order valence-electron chi connectivity index (χ1n) is 10.7. The molecule has 31 heavy (non-hydrogen) atoms. The lowest BCUT2D eigenvalue weighted by molar-refractivity contribution is 1.47. The van der Waals surface area contributed by atoms with Crippen LogP contribution in [0.15, 0.2) is 97.1 Å². The fraction of sp³-hybridized carbons (Fsp3) is 0.0667. The van der Waals surface area contributed by atoms with Crippen LogP contribution < -0.4 is 0 Å². The largest absolute Gasteiger partial charge is 0.135 e. The van der Waals surface area contributed by atoms with Crippen molar-refractivity contribution in [2.75, 3.05) is 0 Å². The monoisotopic (exact) mass is 414 g/mol. The number of aryl methyl sites for hydroxylation is 2. The van der Waals surface area contributed by atoms with Crippen molar-refractivity contribution in [3.8, 4) is 32.7 Å². The molecule has 1 aliphatic heterocycles. The van der Waals surface area contributed by atoms with E-state index in [1.165, 1.54) is 64.7 Å². The van der Waals surface area contributed by atoms with Gasteiger partial charge in [0.25, 0.3) is 0 Å². The van der Waals surface area contributed by atoms with Gasteiger partial charge in [-0.25, -0.2) is 0 Å². The van der Waals surface area contributed by atoms with Gasteiger partial charge in [0.1, 0.15) is 0 Å². The lowest BCUT2D eigenvalue weighted by Crippen LogP contribution is -1.87. The van der Waals surface area contributed by atoms with Gasteiger partial charge in [-0.05, 0) is 47.4 Å². The summed E-state index contributed by atoms with van der Waals surface area (Å²) < 4.78 is 1.33. The minimum atomic E-state index is 1.29. The van der Waals surface area contributed by atoms with E-state index in [1.807, 2.05) is 11.3 Å². The summed E-state index contributed by atoms with van der Waals surface area (Å²) in [6.45, 7) is 4.30. The average Bonchev–Trinajstić information content (AvgIpc) is 3.15. The van der Waals surface area contributed by atoms with Crippen molar-refractivity contribution in [1.82, 2.24) is 0 Å². The molecule has 0 aromatic heterocycles. The molecule has 0 saturated carbocycles. The molecule has 1 aliphatic carbocycles. The Hall–Kier alpha value is -3.42. The average molecular weight is 415 g/mol. The molecule has 0 nitrogen and oxygen atoms in total. The number of hydrogen-bond donors (Lipinski definition) is 0. The lowest BCUT2D eigenvalue weighted by atomic mass is 9.95. The van der Waals surface area contributed by atoms with Gasteiger partial charge in [0.15, 0.2) is 0 Å². The fourth-order valence-corrected chi connectivity index (χ4v) is 5.88. The van der Waals surface area contributed by atoms with Gasteiger partial charge in [-0.3, -0.25) is 0 Å². The van der Waals surface area contributed by atoms with Crippen LogP contribution in [0.5, 0.6) is 0 Å². The molecule has 1 heteroatoms. The standard InChI is InChI=1S/C30H22S/c1-19-11-15-21(16-12-19)27-23-7-3-4-8-24(23)29-28(27)25-9-5-6-10-26(25)31-30(29)22-17-13-20(2)14-18-22/h3-18H,1-2H3. The second-order valence-corrected chi connectivity index (χ2v) is 9.38. The summed E-state index contributed by atoms with van der Waals surface area (Å²) >= 11 is 1.90. The maximum absolute atomic E-state index is 2.29. The quantitative estimate of drug-likeness (QED) is 0.265. The molecule has 0 atom stereocenters. The van der Waals surface area contributed by atoms with E-state index in [0.29, 0.717) is 0 Å². The van der Waals surface area contributed by atoms with Gasteiger partial charge in [-0.2, -0.15) is 0 Å². The highest BCUT2D eigenvalue weighted by Crippen LogP contribution is 2.54. The molecule has 0 fully saturated rings. The molecule has 0 saturated heterocycles. The summed E-state index contributed by atoms with van der Waals surface area (Å²) in [5.41, 5.74) is 9.25. The zero-order valence-corrected chi connectivity index (χ0v) is 18.5. The second kappa shape index (κ2) is 7.08. The van der Waals surface area contributed by atoms with Crippen molar-refractivity contribution in [2.45, 2.75) is 13.8 Å². The smallest absolute Gasteiger partial charge is 0.0433 e. The van der Waals surface area contributed by atoms with Crippen LogP contribution in [0.25, 0.3) is 53.6 Å². The number of hydrogen-bond acceptors (Lipinski definition) is 1. The Kier molecular flexibility index (Phi) is 4.19. The zero-order valence-electron chi connectivity index (χ0n) is 17.6. The van der Waals surface area contributed by atoms with Crippen molar-refractivity contribution in [3.63, 3.8) is 0 Å². The van der Waals surface area contributed by atoms with Crippen LogP contribution >= 0.6 is 11.3 Å². The van der Waals surface area contributed by atoms with Gasteiger partial charge < -0.3 is 0 Å². The van der Waals surface area contributed by atoms with Gasteiger partial charge in [0.05, 0.1) is 0 Å². The number of benzene rings is 4. The first kappa shape index (κ1) is 18.4. The summed E-state index contributed by atoms with van der Waals surface area (Å²) in [5, 5.41) is 4.01. The normalized spacial score (nSPS) is 11.5. The van der Waals surface area contributed by atoms with Crippen molar-refractivity contribution in [1.29, 1.82) is 0 Å². The van der Waals surface area contributed by atoms with E-state index in [2.05, 4.69) is 111 Å². The highest BCUT2D eigenvalue weighted by atomic mass is 32.1. The Morgan fingerprint density at radius 2 is 0.968 bits per heavy atom. The Morgan fingerprint density at radius 1 is 0.452 bits per heavy atom. The molecule has 0 radical (unpaired) electrons. The van der Waals surface area contributed by atoms with Crippen LogP contribution in [-0.2, 0) is 0 Å². The molecule has 0 amide bonds. The van der Waals surface area contributed by atoms with E-state index >= 15 is 0 Å². The van der Waals surface area contributed by atoms with Crippen LogP contribution in [-0.4, -0.2) is 0 Å². The predicted molar refractivity (Wildman–Crippen MR) is 136 cm³/mol. The lowest BCUT2D eigenvalue weighted by Gasteiger charge is -2.15. The van der Waals surface area contributed by atoms with Gasteiger partial charge in [-0.15, -0.1) is 11.3 Å². The summed E-state index contributed by atoms with van der Waals surface area (Å²) in [6.07, 6.45) is 0. The highest BCUT2D eigenvalue weighted by Gasteiger charge is 2.25. The summed E-state index contributed by atoms with van der Waals surface area (Å²) in [4.78, 5) is 1.35. The van der Waals surface area contributed by atoms with E-state index in [0.717, 1.165) is 0 Å². The summed E-state index contributed by atoms with van der Waals surface area (Å²) in [5.74, 6) is 0. The molecule has 148 valence electrons. The van der Waals surface area contributed by atoms with E-state index in [4.69, 9.17) is 0 Å². The first-order valence-corrected chi connectivity index (χ1v) is 11.5. The molecule has 0 N–H and O–H groups in total. The van der Waals surface area contributed by atoms with Crippen molar-refractivity contribution < 1.29 is 0 Å². The van der Waals surface area contributed by atoms with Gasteiger partial charge in [-0.1, -0.05) is 102 Å². The topological polar surface area (TPSA) is 0 Å². The van der Waals surface area contributed by atoms with Crippen LogP contribution in [0.3, 0.4) is 0 Å². The molecule has 4 aromatic rings. The first-order chi connectivity index (χ1) is 15.2. The Balaban J connectivity index is 1.82. The molecule has 2 aliphatic rings. The molecule has 6 rings (SSSR count). The molecular weight excluding hydrogens is 392 g/mol. The molecule has 1 heterocycles. The fourth-order valence-electron chi connectivity index (χ4n) is 4.67. The third-order valence-electron chi connectivity index (χ3n) is 6.22. The van der Waals surface area contributed by atoms with E-state index in [1.54, 1.807) is 0 Å². The second-order valence-electron chi connectivity index (χ2n) is 8.33. The minimum Gasteiger partial charge on any atom is -0.135 e. The van der Waals surface area contributed by atoms with Crippen LogP contribution in [0, 0.1) is 13.8 Å². The van der Waals surface area contributed by atoms with Gasteiger partial charge in [0, 0.05) is 26.1 Å². The Morgan fingerprint density at radius 3 is 1.61 bits per heavy atom. The molecular formula is C30H22S. The van der Waals surface area contributed by atoms with Crippen molar-refractivity contribution in [2.24, 2.45) is 0 Å². The SMILES string of the molecule is Cc1ccc(-c2sc3ccccc3c3c(-c4ccc(C)cc4)c4ccccc4c2-3)cc1. The van der Waals surface area contributed by atoms with E-state index < -0.39 is 0 Å². The number of rotatable bonds is 2. The maximum Gasteiger partial charge on any atom is 0.0433 e. The predicted octanol–water partition coefficient (Wildman–Crippen LogP) is 9.11. The summed E-state index contributed by atoms with van der Waals surface area (Å²) in [6, 6.07) is 35.7. The third-order valence-corrected chi connectivity index (χ3v) is 7.44. The highest BCUT2D eigenvalue weighted by molar-refractivity contribution is 7.22. The Labute approximate surface area is 186 Å². The van der Waals surface area contributed by atoms with Crippen molar-refractivity contribution >= 4 is 32.2 Å². The van der Waals surface area contributed by atoms with Gasteiger partial charge >= 0.3 is 0 Å². The maximum atomic E-state index is 2.29. The van der Waals surface area contributed by atoms with Gasteiger partial charge in [0.2, 0.25) is 0 Å². The zero-order chi connectivity index (χ0) is 20.9. The van der Waals surface area contributed by atoms with Crippen LogP contribution in [0.4, 0.5) is 0 Å². The summed E-state index contributed by atoms with van der Waals surface area (Å²) in [7, 11) is 0. The minimum absolute atomic E-state index is 1.29. The van der Waals surface area contributed by atoms with Crippen LogP contribution in [0.2, 0.25) is 0 Å². The Bertz CT molecular complexity index is 1520. The van der Waals surface area contributed by atoms with Crippen molar-refractivity contribution in [3.05, 3.63) is 108 Å². The van der Waals surface area contributed by atoms with Crippen LogP contribution in [0.1, 0.15) is 11.1 Å². The molecule has 0 spiro atoms. The van der Waals surface area contributed by atoms with E-state index in [-0.39, 0.29) is 0 Å². The number of fused-ring (bicyclic) bond motifs is 5. The molecule has 0 unspecified atom stereocenters. The molecule has 4 aromatic carbocycles. The molecule has 0 bridgehead atoms.